The molecular formula is C17H25N3O. The molecule has 114 valence electrons. The SMILES string of the molecule is O=C(c1cccnc1)N1CCC(N2CCCCCC2)CC1. The van der Waals surface area contributed by atoms with Gasteiger partial charge in [0.2, 0.25) is 0 Å². The van der Waals surface area contributed by atoms with Crippen molar-refractivity contribution in [1.29, 1.82) is 0 Å². The predicted octanol–water partition coefficient (Wildman–Crippen LogP) is 2.56. The first-order valence-electron chi connectivity index (χ1n) is 8.28. The molecule has 0 N–H and O–H groups in total. The van der Waals surface area contributed by atoms with Crippen molar-refractivity contribution in [3.8, 4) is 0 Å². The molecule has 1 aromatic rings. The third-order valence-electron chi connectivity index (χ3n) is 4.82. The maximum Gasteiger partial charge on any atom is 0.255 e. The van der Waals surface area contributed by atoms with Crippen LogP contribution in [0.2, 0.25) is 0 Å². The fraction of sp³-hybridized carbons (Fsp3) is 0.647. The van der Waals surface area contributed by atoms with Gasteiger partial charge in [0.25, 0.3) is 5.91 Å². The molecule has 3 heterocycles. The van der Waals surface area contributed by atoms with Gasteiger partial charge in [-0.3, -0.25) is 9.78 Å². The van der Waals surface area contributed by atoms with Crippen LogP contribution in [-0.2, 0) is 0 Å². The number of hydrogen-bond donors (Lipinski definition) is 0. The monoisotopic (exact) mass is 287 g/mol. The number of nitrogens with zero attached hydrogens (tertiary/aromatic N) is 3. The molecule has 1 aromatic heterocycles. The van der Waals surface area contributed by atoms with Gasteiger partial charge >= 0.3 is 0 Å². The van der Waals surface area contributed by atoms with Gasteiger partial charge in [-0.2, -0.15) is 0 Å². The quantitative estimate of drug-likeness (QED) is 0.839. The zero-order valence-corrected chi connectivity index (χ0v) is 12.7. The van der Waals surface area contributed by atoms with Crippen LogP contribution >= 0.6 is 0 Å². The fourth-order valence-corrected chi connectivity index (χ4v) is 3.57. The van der Waals surface area contributed by atoms with Crippen LogP contribution in [0.4, 0.5) is 0 Å². The van der Waals surface area contributed by atoms with Crippen molar-refractivity contribution in [2.75, 3.05) is 26.2 Å². The summed E-state index contributed by atoms with van der Waals surface area (Å²) < 4.78 is 0. The summed E-state index contributed by atoms with van der Waals surface area (Å²) in [7, 11) is 0. The molecule has 0 aromatic carbocycles. The molecule has 0 aliphatic carbocycles. The first-order valence-corrected chi connectivity index (χ1v) is 8.28. The Bertz CT molecular complexity index is 446. The Morgan fingerprint density at radius 2 is 1.76 bits per heavy atom. The Labute approximate surface area is 127 Å². The topological polar surface area (TPSA) is 36.4 Å². The Balaban J connectivity index is 1.54. The molecule has 0 atom stereocenters. The number of pyridine rings is 1. The van der Waals surface area contributed by atoms with E-state index < -0.39 is 0 Å². The normalized spacial score (nSPS) is 22.0. The van der Waals surface area contributed by atoms with Crippen LogP contribution in [-0.4, -0.2) is 52.9 Å². The highest BCUT2D eigenvalue weighted by Gasteiger charge is 2.27. The summed E-state index contributed by atoms with van der Waals surface area (Å²) in [6.07, 6.45) is 11.1. The standard InChI is InChI=1S/C17H25N3O/c21-17(15-6-5-9-18-14-15)20-12-7-16(8-13-20)19-10-3-1-2-4-11-19/h5-6,9,14,16H,1-4,7-8,10-13H2. The molecule has 2 aliphatic heterocycles. The van der Waals surface area contributed by atoms with Gasteiger partial charge in [-0.15, -0.1) is 0 Å². The Hall–Kier alpha value is -1.42. The zero-order valence-electron chi connectivity index (χ0n) is 12.7. The second kappa shape index (κ2) is 7.03. The van der Waals surface area contributed by atoms with Gasteiger partial charge in [-0.1, -0.05) is 12.8 Å². The van der Waals surface area contributed by atoms with E-state index >= 15 is 0 Å². The second-order valence-electron chi connectivity index (χ2n) is 6.22. The van der Waals surface area contributed by atoms with E-state index in [1.807, 2.05) is 17.0 Å². The van der Waals surface area contributed by atoms with E-state index in [-0.39, 0.29) is 5.91 Å². The summed E-state index contributed by atoms with van der Waals surface area (Å²) in [6.45, 7) is 4.27. The minimum Gasteiger partial charge on any atom is -0.338 e. The molecule has 4 nitrogen and oxygen atoms in total. The highest BCUT2D eigenvalue weighted by atomic mass is 16.2. The third-order valence-corrected chi connectivity index (χ3v) is 4.82. The van der Waals surface area contributed by atoms with Gasteiger partial charge in [0, 0.05) is 31.5 Å². The maximum absolute atomic E-state index is 12.4. The van der Waals surface area contributed by atoms with Crippen LogP contribution in [0.1, 0.15) is 48.9 Å². The van der Waals surface area contributed by atoms with Crippen LogP contribution in [0.5, 0.6) is 0 Å². The first kappa shape index (κ1) is 14.5. The summed E-state index contributed by atoms with van der Waals surface area (Å²) in [5.41, 5.74) is 0.714. The van der Waals surface area contributed by atoms with Crippen molar-refractivity contribution < 1.29 is 4.79 Å². The first-order chi connectivity index (χ1) is 10.3. The number of carbonyl (C=O) groups excluding carboxylic acids is 1. The largest absolute Gasteiger partial charge is 0.338 e. The lowest BCUT2D eigenvalue weighted by Gasteiger charge is -2.38. The number of rotatable bonds is 2. The second-order valence-corrected chi connectivity index (χ2v) is 6.22. The summed E-state index contributed by atoms with van der Waals surface area (Å²) in [5, 5.41) is 0. The fourth-order valence-electron chi connectivity index (χ4n) is 3.57. The van der Waals surface area contributed by atoms with Gasteiger partial charge in [0.1, 0.15) is 0 Å². The van der Waals surface area contributed by atoms with E-state index in [0.717, 1.165) is 25.9 Å². The van der Waals surface area contributed by atoms with Gasteiger partial charge in [0.05, 0.1) is 5.56 Å². The van der Waals surface area contributed by atoms with Gasteiger partial charge in [-0.25, -0.2) is 0 Å². The van der Waals surface area contributed by atoms with Crippen molar-refractivity contribution in [1.82, 2.24) is 14.8 Å². The molecule has 21 heavy (non-hydrogen) atoms. The molecule has 0 unspecified atom stereocenters. The van der Waals surface area contributed by atoms with Crippen LogP contribution < -0.4 is 0 Å². The minimum absolute atomic E-state index is 0.136. The molecule has 0 radical (unpaired) electrons. The summed E-state index contributed by atoms with van der Waals surface area (Å²) in [6, 6.07) is 4.37. The Kier molecular flexibility index (Phi) is 4.86. The van der Waals surface area contributed by atoms with Gasteiger partial charge in [0.15, 0.2) is 0 Å². The average Bonchev–Trinajstić information content (AvgIpc) is 2.84. The molecule has 2 saturated heterocycles. The number of piperidine rings is 1. The Morgan fingerprint density at radius 1 is 1.05 bits per heavy atom. The van der Waals surface area contributed by atoms with Crippen molar-refractivity contribution in [2.45, 2.75) is 44.6 Å². The summed E-state index contributed by atoms with van der Waals surface area (Å²) in [4.78, 5) is 21.1. The van der Waals surface area contributed by atoms with Crippen LogP contribution in [0.15, 0.2) is 24.5 Å². The molecule has 0 saturated carbocycles. The molecule has 0 bridgehead atoms. The van der Waals surface area contributed by atoms with Gasteiger partial charge < -0.3 is 9.80 Å². The molecule has 3 rings (SSSR count). The Morgan fingerprint density at radius 3 is 2.38 bits per heavy atom. The van der Waals surface area contributed by atoms with E-state index in [4.69, 9.17) is 0 Å². The number of likely N-dealkylation sites (tertiary alicyclic amines) is 2. The lowest BCUT2D eigenvalue weighted by molar-refractivity contribution is 0.0622. The number of hydrogen-bond acceptors (Lipinski definition) is 3. The molecule has 2 fully saturated rings. The smallest absolute Gasteiger partial charge is 0.255 e. The number of carbonyl (C=O) groups is 1. The van der Waals surface area contributed by atoms with E-state index in [0.29, 0.717) is 11.6 Å². The predicted molar refractivity (Wildman–Crippen MR) is 83.2 cm³/mol. The van der Waals surface area contributed by atoms with E-state index in [9.17, 15) is 4.79 Å². The highest BCUT2D eigenvalue weighted by molar-refractivity contribution is 5.93. The van der Waals surface area contributed by atoms with Crippen LogP contribution in [0.3, 0.4) is 0 Å². The number of aromatic nitrogens is 1. The zero-order chi connectivity index (χ0) is 14.5. The lowest BCUT2D eigenvalue weighted by atomic mass is 10.0. The van der Waals surface area contributed by atoms with Crippen LogP contribution in [0.25, 0.3) is 0 Å². The molecule has 4 heteroatoms. The van der Waals surface area contributed by atoms with Crippen molar-refractivity contribution in [3.05, 3.63) is 30.1 Å². The molecular weight excluding hydrogens is 262 g/mol. The molecule has 1 amide bonds. The number of amides is 1. The van der Waals surface area contributed by atoms with Crippen LogP contribution in [0, 0.1) is 0 Å². The van der Waals surface area contributed by atoms with Crippen molar-refractivity contribution in [2.24, 2.45) is 0 Å². The van der Waals surface area contributed by atoms with Crippen molar-refractivity contribution >= 4 is 5.91 Å². The molecule has 2 aliphatic rings. The molecule has 0 spiro atoms. The summed E-state index contributed by atoms with van der Waals surface area (Å²) >= 11 is 0. The average molecular weight is 287 g/mol. The van der Waals surface area contributed by atoms with Gasteiger partial charge in [-0.05, 0) is 50.9 Å². The van der Waals surface area contributed by atoms with E-state index in [1.165, 1.54) is 38.8 Å². The highest BCUT2D eigenvalue weighted by Crippen LogP contribution is 2.21. The maximum atomic E-state index is 12.4. The minimum atomic E-state index is 0.136. The van der Waals surface area contributed by atoms with E-state index in [2.05, 4.69) is 9.88 Å². The van der Waals surface area contributed by atoms with E-state index in [1.54, 1.807) is 12.4 Å². The lowest BCUT2D eigenvalue weighted by Crippen LogP contribution is -2.47. The summed E-state index contributed by atoms with van der Waals surface area (Å²) in [5.74, 6) is 0.136. The third kappa shape index (κ3) is 3.62. The van der Waals surface area contributed by atoms with Crippen molar-refractivity contribution in [3.63, 3.8) is 0 Å².